The summed E-state index contributed by atoms with van der Waals surface area (Å²) in [5.74, 6) is -4.61. The van der Waals surface area contributed by atoms with Crippen LogP contribution in [0.25, 0.3) is 0 Å². The predicted molar refractivity (Wildman–Crippen MR) is 67.0 cm³/mol. The van der Waals surface area contributed by atoms with E-state index in [0.717, 1.165) is 24.3 Å². The van der Waals surface area contributed by atoms with E-state index >= 15 is 0 Å². The van der Waals surface area contributed by atoms with Crippen LogP contribution in [-0.2, 0) is 0 Å². The molecule has 1 atom stereocenters. The fraction of sp³-hybridized carbons (Fsp3) is 0.143. The van der Waals surface area contributed by atoms with Gasteiger partial charge in [-0.1, -0.05) is 0 Å². The van der Waals surface area contributed by atoms with Crippen LogP contribution in [0.1, 0.15) is 16.5 Å². The van der Waals surface area contributed by atoms with Crippen LogP contribution in [-0.4, -0.2) is 7.11 Å². The van der Waals surface area contributed by atoms with Gasteiger partial charge in [-0.3, -0.25) is 0 Å². The summed E-state index contributed by atoms with van der Waals surface area (Å²) in [5.41, 5.74) is 0.159. The highest BCUT2D eigenvalue weighted by Crippen LogP contribution is 2.36. The van der Waals surface area contributed by atoms with Gasteiger partial charge in [0.15, 0.2) is 17.5 Å². The molecule has 0 heterocycles. The van der Waals surface area contributed by atoms with E-state index in [2.05, 4.69) is 0 Å². The molecule has 0 saturated carbocycles. The average Bonchev–Trinajstić information content (AvgIpc) is 2.43. The summed E-state index contributed by atoms with van der Waals surface area (Å²) in [6.45, 7) is 0. The fourth-order valence-electron chi connectivity index (χ4n) is 1.80. The zero-order valence-corrected chi connectivity index (χ0v) is 11.0. The van der Waals surface area contributed by atoms with Crippen LogP contribution in [0.5, 0.6) is 5.75 Å². The first-order valence-corrected chi connectivity index (χ1v) is 5.99. The summed E-state index contributed by atoms with van der Waals surface area (Å²) in [7, 11) is 1.35. The maximum absolute atomic E-state index is 13.3. The molecule has 0 N–H and O–H groups in total. The van der Waals surface area contributed by atoms with Crippen LogP contribution in [0, 0.1) is 23.3 Å². The smallest absolute Gasteiger partial charge is 0.194 e. The molecule has 106 valence electrons. The third-order valence-electron chi connectivity index (χ3n) is 2.76. The lowest BCUT2D eigenvalue weighted by Crippen LogP contribution is -2.01. The van der Waals surface area contributed by atoms with Crippen LogP contribution in [0.4, 0.5) is 17.6 Å². The van der Waals surface area contributed by atoms with Gasteiger partial charge < -0.3 is 4.74 Å². The standard InChI is InChI=1S/C14H9ClF4O/c1-20-12-3-2-8(16)6-9(12)13(15)7-4-10(17)14(19)11(18)5-7/h2-6,13H,1H3. The maximum atomic E-state index is 13.3. The van der Waals surface area contributed by atoms with Gasteiger partial charge in [0.2, 0.25) is 0 Å². The largest absolute Gasteiger partial charge is 0.496 e. The number of ether oxygens (including phenoxy) is 1. The molecule has 1 nitrogen and oxygen atoms in total. The Morgan fingerprint density at radius 2 is 1.60 bits per heavy atom. The molecule has 0 bridgehead atoms. The molecule has 1 unspecified atom stereocenters. The minimum atomic E-state index is -1.58. The van der Waals surface area contributed by atoms with E-state index in [-0.39, 0.29) is 16.9 Å². The normalized spacial score (nSPS) is 12.3. The maximum Gasteiger partial charge on any atom is 0.194 e. The minimum Gasteiger partial charge on any atom is -0.496 e. The van der Waals surface area contributed by atoms with Crippen molar-refractivity contribution in [1.82, 2.24) is 0 Å². The topological polar surface area (TPSA) is 9.23 Å². The molecule has 0 spiro atoms. The first-order chi connectivity index (χ1) is 9.43. The molecular formula is C14H9ClF4O. The Morgan fingerprint density at radius 1 is 1.00 bits per heavy atom. The van der Waals surface area contributed by atoms with E-state index in [1.54, 1.807) is 0 Å². The Balaban J connectivity index is 2.51. The van der Waals surface area contributed by atoms with Crippen molar-refractivity contribution < 1.29 is 22.3 Å². The average molecular weight is 305 g/mol. The number of alkyl halides is 1. The number of hydrogen-bond acceptors (Lipinski definition) is 1. The van der Waals surface area contributed by atoms with Crippen molar-refractivity contribution in [3.63, 3.8) is 0 Å². The summed E-state index contributed by atoms with van der Waals surface area (Å²) < 4.78 is 57.6. The monoisotopic (exact) mass is 304 g/mol. The van der Waals surface area contributed by atoms with Crippen LogP contribution >= 0.6 is 11.6 Å². The summed E-state index contributed by atoms with van der Waals surface area (Å²) >= 11 is 6.08. The molecule has 0 saturated heterocycles. The molecular weight excluding hydrogens is 296 g/mol. The first kappa shape index (κ1) is 14.7. The Hall–Kier alpha value is -1.75. The van der Waals surface area contributed by atoms with Crippen LogP contribution < -0.4 is 4.74 Å². The Labute approximate surface area is 117 Å². The Bertz CT molecular complexity index is 622. The number of rotatable bonds is 3. The lowest BCUT2D eigenvalue weighted by Gasteiger charge is -2.15. The second-order valence-electron chi connectivity index (χ2n) is 4.05. The van der Waals surface area contributed by atoms with Gasteiger partial charge in [0, 0.05) is 5.56 Å². The van der Waals surface area contributed by atoms with E-state index in [9.17, 15) is 17.6 Å². The van der Waals surface area contributed by atoms with E-state index in [4.69, 9.17) is 16.3 Å². The van der Waals surface area contributed by atoms with Gasteiger partial charge in [0.1, 0.15) is 11.6 Å². The van der Waals surface area contributed by atoms with Crippen molar-refractivity contribution in [2.24, 2.45) is 0 Å². The fourth-order valence-corrected chi connectivity index (χ4v) is 2.10. The van der Waals surface area contributed by atoms with Crippen molar-refractivity contribution in [2.75, 3.05) is 7.11 Å². The van der Waals surface area contributed by atoms with Crippen molar-refractivity contribution in [1.29, 1.82) is 0 Å². The SMILES string of the molecule is COc1ccc(F)cc1C(Cl)c1cc(F)c(F)c(F)c1. The minimum absolute atomic E-state index is 0.0352. The number of hydrogen-bond donors (Lipinski definition) is 0. The third kappa shape index (κ3) is 2.72. The molecule has 0 fully saturated rings. The summed E-state index contributed by atoms with van der Waals surface area (Å²) in [4.78, 5) is 0. The molecule has 2 rings (SSSR count). The third-order valence-corrected chi connectivity index (χ3v) is 3.25. The number of halogens is 5. The highest BCUT2D eigenvalue weighted by Gasteiger charge is 2.20. The molecule has 0 aromatic heterocycles. The number of methoxy groups -OCH3 is 1. The van der Waals surface area contributed by atoms with Crippen molar-refractivity contribution in [3.8, 4) is 5.75 Å². The lowest BCUT2D eigenvalue weighted by atomic mass is 10.0. The van der Waals surface area contributed by atoms with Crippen molar-refractivity contribution in [2.45, 2.75) is 5.38 Å². The van der Waals surface area contributed by atoms with Crippen molar-refractivity contribution >= 4 is 11.6 Å². The zero-order chi connectivity index (χ0) is 14.9. The molecule has 0 amide bonds. The highest BCUT2D eigenvalue weighted by molar-refractivity contribution is 6.22. The lowest BCUT2D eigenvalue weighted by molar-refractivity contribution is 0.408. The van der Waals surface area contributed by atoms with Gasteiger partial charge >= 0.3 is 0 Å². The second kappa shape index (κ2) is 5.71. The van der Waals surface area contributed by atoms with Gasteiger partial charge in [0.25, 0.3) is 0 Å². The summed E-state index contributed by atoms with van der Waals surface area (Å²) in [6, 6.07) is 5.13. The van der Waals surface area contributed by atoms with Gasteiger partial charge in [-0.25, -0.2) is 17.6 Å². The Kier molecular flexibility index (Phi) is 4.18. The van der Waals surface area contributed by atoms with Gasteiger partial charge in [-0.15, -0.1) is 11.6 Å². The first-order valence-electron chi connectivity index (χ1n) is 5.56. The molecule has 0 aliphatic heterocycles. The van der Waals surface area contributed by atoms with Crippen LogP contribution in [0.2, 0.25) is 0 Å². The predicted octanol–water partition coefficient (Wildman–Crippen LogP) is 4.58. The van der Waals surface area contributed by atoms with Crippen molar-refractivity contribution in [3.05, 3.63) is 64.7 Å². The quantitative estimate of drug-likeness (QED) is 0.458. The molecule has 2 aromatic carbocycles. The molecule has 0 radical (unpaired) electrons. The zero-order valence-electron chi connectivity index (χ0n) is 10.3. The highest BCUT2D eigenvalue weighted by atomic mass is 35.5. The Morgan fingerprint density at radius 3 is 2.15 bits per heavy atom. The molecule has 0 aliphatic carbocycles. The van der Waals surface area contributed by atoms with Crippen LogP contribution in [0.15, 0.2) is 30.3 Å². The van der Waals surface area contributed by atoms with Gasteiger partial charge in [0.05, 0.1) is 12.5 Å². The van der Waals surface area contributed by atoms with E-state index in [1.165, 1.54) is 13.2 Å². The molecule has 0 aliphatic rings. The second-order valence-corrected chi connectivity index (χ2v) is 4.48. The molecule has 20 heavy (non-hydrogen) atoms. The van der Waals surface area contributed by atoms with E-state index in [1.807, 2.05) is 0 Å². The summed E-state index contributed by atoms with van der Waals surface area (Å²) in [5, 5.41) is -1.08. The number of benzene rings is 2. The van der Waals surface area contributed by atoms with Crippen LogP contribution in [0.3, 0.4) is 0 Å². The van der Waals surface area contributed by atoms with Gasteiger partial charge in [-0.05, 0) is 35.9 Å². The van der Waals surface area contributed by atoms with E-state index in [0.29, 0.717) is 0 Å². The summed E-state index contributed by atoms with van der Waals surface area (Å²) in [6.07, 6.45) is 0. The molecule has 6 heteroatoms. The van der Waals surface area contributed by atoms with E-state index < -0.39 is 28.6 Å². The molecule has 2 aromatic rings. The van der Waals surface area contributed by atoms with Gasteiger partial charge in [-0.2, -0.15) is 0 Å².